The number of hydrogen-bond acceptors (Lipinski definition) is 3. The van der Waals surface area contributed by atoms with Crippen LogP contribution in [0.5, 0.6) is 0 Å². The van der Waals surface area contributed by atoms with Gasteiger partial charge in [-0.2, -0.15) is 0 Å². The lowest BCUT2D eigenvalue weighted by Gasteiger charge is -2.14. The standard InChI is InChI=1S/C12H11ClF2N2O4/c13-6-4-7(14)5(3-8(6)15)11(19)17-9(12(20)21)1-2-10(16)18/h3-4,9H,1-2H2,(H2,16,18)(H,17,19)(H,20,21)/t9-/m0/s1. The summed E-state index contributed by atoms with van der Waals surface area (Å²) < 4.78 is 26.7. The predicted octanol–water partition coefficient (Wildman–Crippen LogP) is 1.07. The molecule has 1 aromatic rings. The molecule has 0 aromatic heterocycles. The second-order valence-electron chi connectivity index (χ2n) is 4.12. The van der Waals surface area contributed by atoms with Gasteiger partial charge >= 0.3 is 5.97 Å². The van der Waals surface area contributed by atoms with Crippen LogP contribution in [0.15, 0.2) is 12.1 Å². The zero-order valence-electron chi connectivity index (χ0n) is 10.5. The van der Waals surface area contributed by atoms with E-state index in [1.165, 1.54) is 0 Å². The molecule has 0 saturated carbocycles. The van der Waals surface area contributed by atoms with Gasteiger partial charge in [0.15, 0.2) is 0 Å². The summed E-state index contributed by atoms with van der Waals surface area (Å²) in [7, 11) is 0. The number of carboxylic acid groups (broad SMARTS) is 1. The van der Waals surface area contributed by atoms with Crippen LogP contribution < -0.4 is 11.1 Å². The van der Waals surface area contributed by atoms with Crippen molar-refractivity contribution in [3.8, 4) is 0 Å². The SMILES string of the molecule is NC(=O)CC[C@H](NC(=O)c1cc(F)c(Cl)cc1F)C(=O)O. The molecule has 6 nitrogen and oxygen atoms in total. The van der Waals surface area contributed by atoms with Gasteiger partial charge in [-0.15, -0.1) is 0 Å². The van der Waals surface area contributed by atoms with Gasteiger partial charge in [-0.25, -0.2) is 13.6 Å². The van der Waals surface area contributed by atoms with Crippen LogP contribution in [0.2, 0.25) is 5.02 Å². The zero-order chi connectivity index (χ0) is 16.2. The molecule has 2 amide bonds. The molecule has 0 aliphatic carbocycles. The fourth-order valence-electron chi connectivity index (χ4n) is 1.48. The summed E-state index contributed by atoms with van der Waals surface area (Å²) >= 11 is 5.34. The van der Waals surface area contributed by atoms with E-state index in [0.29, 0.717) is 12.1 Å². The minimum atomic E-state index is -1.46. The summed E-state index contributed by atoms with van der Waals surface area (Å²) in [6, 6.07) is -0.298. The van der Waals surface area contributed by atoms with E-state index >= 15 is 0 Å². The van der Waals surface area contributed by atoms with Gasteiger partial charge in [0, 0.05) is 6.42 Å². The minimum Gasteiger partial charge on any atom is -0.480 e. The van der Waals surface area contributed by atoms with Gasteiger partial charge in [0.1, 0.15) is 17.7 Å². The summed E-state index contributed by atoms with van der Waals surface area (Å²) in [6.45, 7) is 0. The molecule has 0 bridgehead atoms. The molecule has 0 unspecified atom stereocenters. The number of carbonyl (C=O) groups excluding carboxylic acids is 2. The van der Waals surface area contributed by atoms with E-state index in [9.17, 15) is 23.2 Å². The lowest BCUT2D eigenvalue weighted by atomic mass is 10.1. The van der Waals surface area contributed by atoms with Crippen molar-refractivity contribution >= 4 is 29.4 Å². The van der Waals surface area contributed by atoms with Crippen molar-refractivity contribution in [2.45, 2.75) is 18.9 Å². The number of primary amides is 1. The third-order valence-corrected chi connectivity index (χ3v) is 2.83. The van der Waals surface area contributed by atoms with Gasteiger partial charge in [0.2, 0.25) is 5.91 Å². The van der Waals surface area contributed by atoms with E-state index in [0.717, 1.165) is 0 Å². The molecular formula is C12H11ClF2N2O4. The van der Waals surface area contributed by atoms with Gasteiger partial charge in [0.05, 0.1) is 10.6 Å². The predicted molar refractivity (Wildman–Crippen MR) is 68.7 cm³/mol. The number of aliphatic carboxylic acids is 1. The highest BCUT2D eigenvalue weighted by Gasteiger charge is 2.23. The van der Waals surface area contributed by atoms with Crippen molar-refractivity contribution in [2.24, 2.45) is 5.73 Å². The number of hydrogen-bond donors (Lipinski definition) is 3. The van der Waals surface area contributed by atoms with Crippen molar-refractivity contribution in [3.63, 3.8) is 0 Å². The number of halogens is 3. The smallest absolute Gasteiger partial charge is 0.326 e. The van der Waals surface area contributed by atoms with Crippen LogP contribution in [-0.2, 0) is 9.59 Å². The van der Waals surface area contributed by atoms with Crippen LogP contribution in [0, 0.1) is 11.6 Å². The number of benzene rings is 1. The summed E-state index contributed by atoms with van der Waals surface area (Å²) in [5, 5.41) is 10.4. The van der Waals surface area contributed by atoms with Gasteiger partial charge in [-0.1, -0.05) is 11.6 Å². The molecule has 21 heavy (non-hydrogen) atoms. The van der Waals surface area contributed by atoms with E-state index in [-0.39, 0.29) is 12.8 Å². The van der Waals surface area contributed by atoms with Gasteiger partial charge in [0.25, 0.3) is 5.91 Å². The molecular weight excluding hydrogens is 310 g/mol. The maximum absolute atomic E-state index is 13.5. The number of rotatable bonds is 6. The normalized spacial score (nSPS) is 11.8. The summed E-state index contributed by atoms with van der Waals surface area (Å²) in [5.74, 6) is -5.44. The molecule has 4 N–H and O–H groups in total. The Kier molecular flexibility index (Phi) is 5.60. The Labute approximate surface area is 122 Å². The lowest BCUT2D eigenvalue weighted by Crippen LogP contribution is -2.41. The Hall–Kier alpha value is -2.22. The Bertz CT molecular complexity index is 595. The van der Waals surface area contributed by atoms with E-state index in [1.807, 2.05) is 5.32 Å². The van der Waals surface area contributed by atoms with Crippen LogP contribution in [0.1, 0.15) is 23.2 Å². The largest absolute Gasteiger partial charge is 0.480 e. The van der Waals surface area contributed by atoms with Crippen molar-refractivity contribution in [2.75, 3.05) is 0 Å². The highest BCUT2D eigenvalue weighted by Crippen LogP contribution is 2.19. The molecule has 9 heteroatoms. The molecule has 1 aromatic carbocycles. The molecule has 0 heterocycles. The summed E-state index contributed by atoms with van der Waals surface area (Å²) in [6.07, 6.45) is -0.553. The van der Waals surface area contributed by atoms with Crippen molar-refractivity contribution in [1.82, 2.24) is 5.32 Å². The Morgan fingerprint density at radius 2 is 1.90 bits per heavy atom. The Morgan fingerprint density at radius 3 is 2.43 bits per heavy atom. The van der Waals surface area contributed by atoms with Crippen molar-refractivity contribution < 1.29 is 28.3 Å². The first kappa shape index (κ1) is 16.8. The molecule has 0 aliphatic rings. The third-order valence-electron chi connectivity index (χ3n) is 2.54. The Morgan fingerprint density at radius 1 is 1.29 bits per heavy atom. The van der Waals surface area contributed by atoms with E-state index in [2.05, 4.69) is 0 Å². The zero-order valence-corrected chi connectivity index (χ0v) is 11.3. The molecule has 0 fully saturated rings. The minimum absolute atomic E-state index is 0.270. The first-order valence-corrected chi connectivity index (χ1v) is 6.06. The highest BCUT2D eigenvalue weighted by atomic mass is 35.5. The molecule has 114 valence electrons. The third kappa shape index (κ3) is 4.67. The van der Waals surface area contributed by atoms with Gasteiger partial charge < -0.3 is 16.2 Å². The van der Waals surface area contributed by atoms with E-state index < -0.39 is 46.0 Å². The lowest BCUT2D eigenvalue weighted by molar-refractivity contribution is -0.139. The highest BCUT2D eigenvalue weighted by molar-refractivity contribution is 6.30. The maximum atomic E-state index is 13.5. The van der Waals surface area contributed by atoms with Crippen LogP contribution in [0.25, 0.3) is 0 Å². The van der Waals surface area contributed by atoms with Gasteiger partial charge in [-0.05, 0) is 18.6 Å². The molecule has 0 aliphatic heterocycles. The van der Waals surface area contributed by atoms with Crippen LogP contribution in [0.3, 0.4) is 0 Å². The van der Waals surface area contributed by atoms with E-state index in [4.69, 9.17) is 22.4 Å². The van der Waals surface area contributed by atoms with E-state index in [1.54, 1.807) is 0 Å². The van der Waals surface area contributed by atoms with Crippen molar-refractivity contribution in [1.29, 1.82) is 0 Å². The van der Waals surface area contributed by atoms with Crippen LogP contribution in [0.4, 0.5) is 8.78 Å². The number of amides is 2. The molecule has 0 saturated heterocycles. The quantitative estimate of drug-likeness (QED) is 0.681. The Balaban J connectivity index is 2.89. The fourth-order valence-corrected chi connectivity index (χ4v) is 1.63. The molecule has 0 spiro atoms. The summed E-state index contributed by atoms with van der Waals surface area (Å²) in [5.41, 5.74) is 4.18. The number of carbonyl (C=O) groups is 3. The summed E-state index contributed by atoms with van der Waals surface area (Å²) in [4.78, 5) is 33.3. The first-order valence-electron chi connectivity index (χ1n) is 5.69. The fraction of sp³-hybridized carbons (Fsp3) is 0.250. The molecule has 1 rings (SSSR count). The number of nitrogens with two attached hydrogens (primary N) is 1. The molecule has 1 atom stereocenters. The number of carboxylic acids is 1. The topological polar surface area (TPSA) is 109 Å². The second kappa shape index (κ2) is 6.98. The molecule has 0 radical (unpaired) electrons. The van der Waals surface area contributed by atoms with Crippen LogP contribution >= 0.6 is 11.6 Å². The van der Waals surface area contributed by atoms with Gasteiger partial charge in [-0.3, -0.25) is 9.59 Å². The number of nitrogens with one attached hydrogen (secondary N) is 1. The maximum Gasteiger partial charge on any atom is 0.326 e. The van der Waals surface area contributed by atoms with Crippen molar-refractivity contribution in [3.05, 3.63) is 34.4 Å². The second-order valence-corrected chi connectivity index (χ2v) is 4.52. The average molecular weight is 321 g/mol. The van der Waals surface area contributed by atoms with Crippen LogP contribution in [-0.4, -0.2) is 28.9 Å². The monoisotopic (exact) mass is 320 g/mol. The first-order chi connectivity index (χ1) is 9.72. The average Bonchev–Trinajstić information content (AvgIpc) is 2.37.